The molecule has 1 aromatic carbocycles. The van der Waals surface area contributed by atoms with Crippen molar-refractivity contribution in [3.8, 4) is 5.75 Å². The summed E-state index contributed by atoms with van der Waals surface area (Å²) in [5.41, 5.74) is 0. The van der Waals surface area contributed by atoms with Gasteiger partial charge in [-0.05, 0) is 36.6 Å². The molecule has 0 atom stereocenters. The largest absolute Gasteiger partial charge is 0.494 e. The van der Waals surface area contributed by atoms with Crippen LogP contribution in [0.4, 0.5) is 0 Å². The monoisotopic (exact) mass is 271 g/mol. The molecule has 0 spiro atoms. The van der Waals surface area contributed by atoms with E-state index in [0.29, 0.717) is 18.9 Å². The van der Waals surface area contributed by atoms with Gasteiger partial charge < -0.3 is 4.74 Å². The highest BCUT2D eigenvalue weighted by atomic mass is 32.2. The predicted octanol–water partition coefficient (Wildman–Crippen LogP) is 2.41. The summed E-state index contributed by atoms with van der Waals surface area (Å²) in [7, 11) is -3.40. The molecule has 0 heterocycles. The molecule has 1 rings (SSSR count). The fraction of sp³-hybridized carbons (Fsp3) is 0.538. The third kappa shape index (κ3) is 4.66. The molecule has 0 aliphatic heterocycles. The number of benzene rings is 1. The van der Waals surface area contributed by atoms with Crippen molar-refractivity contribution in [2.45, 2.75) is 32.1 Å². The predicted molar refractivity (Wildman–Crippen MR) is 72.3 cm³/mol. The zero-order valence-electron chi connectivity index (χ0n) is 11.1. The van der Waals surface area contributed by atoms with Gasteiger partial charge in [0, 0.05) is 6.54 Å². The molecule has 5 heteroatoms. The molecule has 0 unspecified atom stereocenters. The molecule has 102 valence electrons. The van der Waals surface area contributed by atoms with Crippen LogP contribution >= 0.6 is 0 Å². The van der Waals surface area contributed by atoms with E-state index in [1.807, 2.05) is 20.8 Å². The fourth-order valence-electron chi connectivity index (χ4n) is 1.29. The van der Waals surface area contributed by atoms with Crippen molar-refractivity contribution in [2.75, 3.05) is 13.2 Å². The third-order valence-corrected chi connectivity index (χ3v) is 3.73. The molecule has 1 N–H and O–H groups in total. The van der Waals surface area contributed by atoms with E-state index in [4.69, 9.17) is 4.74 Å². The molecule has 0 aromatic heterocycles. The van der Waals surface area contributed by atoms with Crippen LogP contribution in [0.5, 0.6) is 5.75 Å². The van der Waals surface area contributed by atoms with E-state index in [0.717, 1.165) is 6.42 Å². The SMILES string of the molecule is CCCOc1ccc(S(=O)(=O)NCC(C)C)cc1. The topological polar surface area (TPSA) is 55.4 Å². The van der Waals surface area contributed by atoms with Crippen LogP contribution in [0.1, 0.15) is 27.2 Å². The maximum atomic E-state index is 11.9. The van der Waals surface area contributed by atoms with E-state index in [2.05, 4.69) is 4.72 Å². The molecule has 0 aliphatic carbocycles. The molecule has 0 radical (unpaired) electrons. The van der Waals surface area contributed by atoms with Crippen molar-refractivity contribution in [3.63, 3.8) is 0 Å². The molecule has 0 amide bonds. The van der Waals surface area contributed by atoms with Gasteiger partial charge in [-0.3, -0.25) is 0 Å². The first-order valence-corrected chi connectivity index (χ1v) is 7.66. The average Bonchev–Trinajstić information content (AvgIpc) is 2.34. The van der Waals surface area contributed by atoms with Crippen molar-refractivity contribution in [3.05, 3.63) is 24.3 Å². The molecule has 0 aliphatic rings. The molecule has 4 nitrogen and oxygen atoms in total. The van der Waals surface area contributed by atoms with Gasteiger partial charge in [-0.1, -0.05) is 20.8 Å². The number of sulfonamides is 1. The van der Waals surface area contributed by atoms with Crippen molar-refractivity contribution in [2.24, 2.45) is 5.92 Å². The quantitative estimate of drug-likeness (QED) is 0.828. The van der Waals surface area contributed by atoms with Crippen LogP contribution in [0, 0.1) is 5.92 Å². The van der Waals surface area contributed by atoms with Gasteiger partial charge in [-0.2, -0.15) is 0 Å². The second kappa shape index (κ2) is 6.75. The number of ether oxygens (including phenoxy) is 1. The Balaban J connectivity index is 2.71. The van der Waals surface area contributed by atoms with Crippen LogP contribution in [-0.4, -0.2) is 21.6 Å². The summed E-state index contributed by atoms with van der Waals surface area (Å²) in [6.45, 7) is 7.02. The first kappa shape index (κ1) is 15.0. The third-order valence-electron chi connectivity index (χ3n) is 2.29. The van der Waals surface area contributed by atoms with Crippen LogP contribution in [0.2, 0.25) is 0 Å². The van der Waals surface area contributed by atoms with Crippen LogP contribution in [0.25, 0.3) is 0 Å². The van der Waals surface area contributed by atoms with Crippen LogP contribution in [0.3, 0.4) is 0 Å². The van der Waals surface area contributed by atoms with Gasteiger partial charge >= 0.3 is 0 Å². The maximum absolute atomic E-state index is 11.9. The number of hydrogen-bond donors (Lipinski definition) is 1. The van der Waals surface area contributed by atoms with Gasteiger partial charge in [-0.15, -0.1) is 0 Å². The Hall–Kier alpha value is -1.07. The lowest BCUT2D eigenvalue weighted by Gasteiger charge is -2.09. The second-order valence-corrected chi connectivity index (χ2v) is 6.33. The molecule has 0 saturated carbocycles. The van der Waals surface area contributed by atoms with Crippen molar-refractivity contribution >= 4 is 10.0 Å². The van der Waals surface area contributed by atoms with Crippen molar-refractivity contribution in [1.82, 2.24) is 4.72 Å². The summed E-state index contributed by atoms with van der Waals surface area (Å²) < 4.78 is 31.8. The summed E-state index contributed by atoms with van der Waals surface area (Å²) in [5, 5.41) is 0. The lowest BCUT2D eigenvalue weighted by Crippen LogP contribution is -2.27. The van der Waals surface area contributed by atoms with Gasteiger partial charge in [0.05, 0.1) is 11.5 Å². The number of rotatable bonds is 7. The van der Waals surface area contributed by atoms with E-state index < -0.39 is 10.0 Å². The van der Waals surface area contributed by atoms with Crippen molar-refractivity contribution in [1.29, 1.82) is 0 Å². The van der Waals surface area contributed by atoms with E-state index in [9.17, 15) is 8.42 Å². The highest BCUT2D eigenvalue weighted by Gasteiger charge is 2.13. The van der Waals surface area contributed by atoms with E-state index >= 15 is 0 Å². The molecule has 0 saturated heterocycles. The maximum Gasteiger partial charge on any atom is 0.240 e. The summed E-state index contributed by atoms with van der Waals surface area (Å²) in [5.74, 6) is 0.978. The standard InChI is InChI=1S/C13H21NO3S/c1-4-9-17-12-5-7-13(8-6-12)18(15,16)14-10-11(2)3/h5-8,11,14H,4,9-10H2,1-3H3. The number of nitrogens with one attached hydrogen (secondary N) is 1. The van der Waals surface area contributed by atoms with Gasteiger partial charge in [-0.25, -0.2) is 13.1 Å². The Labute approximate surface area is 109 Å². The minimum atomic E-state index is -3.40. The van der Waals surface area contributed by atoms with Gasteiger partial charge in [0.25, 0.3) is 0 Å². The Kier molecular flexibility index (Phi) is 5.62. The second-order valence-electron chi connectivity index (χ2n) is 4.57. The van der Waals surface area contributed by atoms with E-state index in [1.165, 1.54) is 0 Å². The smallest absolute Gasteiger partial charge is 0.240 e. The Morgan fingerprint density at radius 2 is 1.83 bits per heavy atom. The molecule has 0 fully saturated rings. The van der Waals surface area contributed by atoms with Gasteiger partial charge in [0.1, 0.15) is 5.75 Å². The molecular weight excluding hydrogens is 250 g/mol. The summed E-state index contributed by atoms with van der Waals surface area (Å²) >= 11 is 0. The molecular formula is C13H21NO3S. The molecule has 1 aromatic rings. The van der Waals surface area contributed by atoms with Crippen LogP contribution in [-0.2, 0) is 10.0 Å². The normalized spacial score (nSPS) is 11.8. The van der Waals surface area contributed by atoms with Crippen molar-refractivity contribution < 1.29 is 13.2 Å². The summed E-state index contributed by atoms with van der Waals surface area (Å²) in [6.07, 6.45) is 0.927. The zero-order valence-corrected chi connectivity index (χ0v) is 12.0. The first-order chi connectivity index (χ1) is 8.45. The highest BCUT2D eigenvalue weighted by Crippen LogP contribution is 2.16. The minimum absolute atomic E-state index is 0.270. The minimum Gasteiger partial charge on any atom is -0.494 e. The fourth-order valence-corrected chi connectivity index (χ4v) is 2.51. The summed E-state index contributed by atoms with van der Waals surface area (Å²) in [6, 6.07) is 6.49. The average molecular weight is 271 g/mol. The van der Waals surface area contributed by atoms with Crippen LogP contribution in [0.15, 0.2) is 29.2 Å². The van der Waals surface area contributed by atoms with Crippen LogP contribution < -0.4 is 9.46 Å². The molecule has 18 heavy (non-hydrogen) atoms. The zero-order chi connectivity index (χ0) is 13.6. The van der Waals surface area contributed by atoms with Gasteiger partial charge in [0.15, 0.2) is 0 Å². The number of hydrogen-bond acceptors (Lipinski definition) is 3. The van der Waals surface area contributed by atoms with Gasteiger partial charge in [0.2, 0.25) is 10.0 Å². The highest BCUT2D eigenvalue weighted by molar-refractivity contribution is 7.89. The lowest BCUT2D eigenvalue weighted by atomic mass is 10.2. The Morgan fingerprint density at radius 3 is 2.33 bits per heavy atom. The lowest BCUT2D eigenvalue weighted by molar-refractivity contribution is 0.317. The van der Waals surface area contributed by atoms with E-state index in [-0.39, 0.29) is 10.8 Å². The van der Waals surface area contributed by atoms with E-state index in [1.54, 1.807) is 24.3 Å². The molecule has 0 bridgehead atoms. The Bertz CT molecular complexity index is 452. The summed E-state index contributed by atoms with van der Waals surface area (Å²) in [4.78, 5) is 0.270. The first-order valence-electron chi connectivity index (χ1n) is 6.18. The Morgan fingerprint density at radius 1 is 1.22 bits per heavy atom.